The molecule has 0 fully saturated rings. The molecule has 0 unspecified atom stereocenters. The summed E-state index contributed by atoms with van der Waals surface area (Å²) < 4.78 is 8.16. The second kappa shape index (κ2) is 4.42. The molecule has 0 bridgehead atoms. The number of nitrogens with zero attached hydrogens (tertiary/aromatic N) is 2. The quantitative estimate of drug-likeness (QED) is 0.495. The fourth-order valence-corrected chi connectivity index (χ4v) is 2.87. The van der Waals surface area contributed by atoms with Crippen LogP contribution in [0.2, 0.25) is 0 Å². The predicted molar refractivity (Wildman–Crippen MR) is 82.9 cm³/mol. The number of hydrogen-bond donors (Lipinski definition) is 0. The van der Waals surface area contributed by atoms with E-state index in [-0.39, 0.29) is 0 Å². The number of furan rings is 1. The van der Waals surface area contributed by atoms with Crippen LogP contribution in [0, 0.1) is 6.92 Å². The summed E-state index contributed by atoms with van der Waals surface area (Å²) in [7, 11) is 2.05. The van der Waals surface area contributed by atoms with Crippen LogP contribution in [0.25, 0.3) is 33.3 Å². The van der Waals surface area contributed by atoms with Gasteiger partial charge in [0.05, 0.1) is 5.56 Å². The highest BCUT2D eigenvalue weighted by Gasteiger charge is 2.19. The average Bonchev–Trinajstić information content (AvgIpc) is 2.87. The number of aromatic nitrogens is 2. The SMILES string of the molecule is Cc1ccc2c(oc3ncccc32)c1-c1cccc[n+]1C. The molecule has 3 heteroatoms. The van der Waals surface area contributed by atoms with Gasteiger partial charge in [0.1, 0.15) is 7.05 Å². The lowest BCUT2D eigenvalue weighted by Crippen LogP contribution is -2.30. The third-order valence-electron chi connectivity index (χ3n) is 3.94. The molecular formula is C18H15N2O+. The Morgan fingerprint density at radius 1 is 1.00 bits per heavy atom. The maximum absolute atomic E-state index is 6.05. The van der Waals surface area contributed by atoms with Gasteiger partial charge in [-0.25, -0.2) is 9.55 Å². The second-order valence-corrected chi connectivity index (χ2v) is 5.29. The number of pyridine rings is 2. The zero-order chi connectivity index (χ0) is 14.4. The van der Waals surface area contributed by atoms with Gasteiger partial charge in [0.2, 0.25) is 11.4 Å². The van der Waals surface area contributed by atoms with Crippen molar-refractivity contribution >= 4 is 22.1 Å². The second-order valence-electron chi connectivity index (χ2n) is 5.29. The Morgan fingerprint density at radius 3 is 2.76 bits per heavy atom. The van der Waals surface area contributed by atoms with Crippen LogP contribution in [-0.2, 0) is 7.05 Å². The van der Waals surface area contributed by atoms with Crippen molar-refractivity contribution in [2.45, 2.75) is 6.92 Å². The van der Waals surface area contributed by atoms with E-state index in [2.05, 4.69) is 60.1 Å². The molecule has 0 spiro atoms. The van der Waals surface area contributed by atoms with Gasteiger partial charge in [-0.3, -0.25) is 0 Å². The van der Waals surface area contributed by atoms with E-state index in [0.29, 0.717) is 5.71 Å². The van der Waals surface area contributed by atoms with Crippen LogP contribution < -0.4 is 4.57 Å². The molecule has 1 aromatic carbocycles. The molecule has 4 rings (SSSR count). The van der Waals surface area contributed by atoms with Gasteiger partial charge in [-0.05, 0) is 30.7 Å². The van der Waals surface area contributed by atoms with Crippen LogP contribution in [0.3, 0.4) is 0 Å². The molecule has 0 atom stereocenters. The van der Waals surface area contributed by atoms with E-state index in [0.717, 1.165) is 27.6 Å². The number of aryl methyl sites for hydroxylation is 2. The van der Waals surface area contributed by atoms with E-state index in [1.165, 1.54) is 5.56 Å². The van der Waals surface area contributed by atoms with Gasteiger partial charge in [-0.1, -0.05) is 12.1 Å². The van der Waals surface area contributed by atoms with Gasteiger partial charge < -0.3 is 4.42 Å². The maximum Gasteiger partial charge on any atom is 0.227 e. The summed E-state index contributed by atoms with van der Waals surface area (Å²) in [5.74, 6) is 0. The minimum atomic E-state index is 0.693. The third-order valence-corrected chi connectivity index (χ3v) is 3.94. The first-order chi connectivity index (χ1) is 10.3. The Bertz CT molecular complexity index is 969. The lowest BCUT2D eigenvalue weighted by Gasteiger charge is -2.04. The zero-order valence-corrected chi connectivity index (χ0v) is 12.0. The van der Waals surface area contributed by atoms with Crippen molar-refractivity contribution in [2.75, 3.05) is 0 Å². The molecule has 21 heavy (non-hydrogen) atoms. The number of fused-ring (bicyclic) bond motifs is 3. The normalized spacial score (nSPS) is 11.3. The fourth-order valence-electron chi connectivity index (χ4n) is 2.87. The van der Waals surface area contributed by atoms with Crippen molar-refractivity contribution in [1.82, 2.24) is 4.98 Å². The van der Waals surface area contributed by atoms with Gasteiger partial charge in [0.15, 0.2) is 11.8 Å². The molecule has 0 N–H and O–H groups in total. The van der Waals surface area contributed by atoms with Gasteiger partial charge in [0, 0.05) is 29.1 Å². The number of hydrogen-bond acceptors (Lipinski definition) is 2. The molecule has 0 saturated carbocycles. The predicted octanol–water partition coefficient (Wildman–Crippen LogP) is 3.78. The summed E-state index contributed by atoms with van der Waals surface area (Å²) in [4.78, 5) is 4.33. The smallest absolute Gasteiger partial charge is 0.227 e. The highest BCUT2D eigenvalue weighted by Crippen LogP contribution is 2.35. The summed E-state index contributed by atoms with van der Waals surface area (Å²) in [5, 5.41) is 2.18. The minimum Gasteiger partial charge on any atom is -0.437 e. The van der Waals surface area contributed by atoms with Crippen LogP contribution in [-0.4, -0.2) is 4.98 Å². The van der Waals surface area contributed by atoms with Crippen LogP contribution in [0.4, 0.5) is 0 Å². The summed E-state index contributed by atoms with van der Waals surface area (Å²) in [6, 6.07) is 14.4. The summed E-state index contributed by atoms with van der Waals surface area (Å²) in [5.41, 5.74) is 5.07. The third kappa shape index (κ3) is 1.74. The Kier molecular flexibility index (Phi) is 2.54. The average molecular weight is 275 g/mol. The molecular weight excluding hydrogens is 260 g/mol. The molecule has 3 heterocycles. The molecule has 102 valence electrons. The monoisotopic (exact) mass is 275 g/mol. The van der Waals surface area contributed by atoms with Crippen molar-refractivity contribution in [1.29, 1.82) is 0 Å². The van der Waals surface area contributed by atoms with Crippen LogP contribution in [0.15, 0.2) is 59.3 Å². The maximum atomic E-state index is 6.05. The van der Waals surface area contributed by atoms with Gasteiger partial charge in [-0.2, -0.15) is 0 Å². The molecule has 0 aliphatic heterocycles. The van der Waals surface area contributed by atoms with E-state index in [1.54, 1.807) is 6.20 Å². The lowest BCUT2D eigenvalue weighted by atomic mass is 10.0. The molecule has 0 saturated heterocycles. The summed E-state index contributed by atoms with van der Waals surface area (Å²) >= 11 is 0. The molecule has 0 amide bonds. The highest BCUT2D eigenvalue weighted by molar-refractivity contribution is 6.08. The number of benzene rings is 1. The van der Waals surface area contributed by atoms with E-state index >= 15 is 0 Å². The zero-order valence-electron chi connectivity index (χ0n) is 12.0. The summed E-state index contributed by atoms with van der Waals surface area (Å²) in [6.07, 6.45) is 3.81. The Morgan fingerprint density at radius 2 is 1.90 bits per heavy atom. The van der Waals surface area contributed by atoms with Crippen LogP contribution >= 0.6 is 0 Å². The van der Waals surface area contributed by atoms with Crippen LogP contribution in [0.1, 0.15) is 5.56 Å². The van der Waals surface area contributed by atoms with Crippen molar-refractivity contribution < 1.29 is 8.98 Å². The van der Waals surface area contributed by atoms with Crippen LogP contribution in [0.5, 0.6) is 0 Å². The molecule has 3 aromatic heterocycles. The Balaban J connectivity index is 2.18. The first-order valence-corrected chi connectivity index (χ1v) is 6.97. The van der Waals surface area contributed by atoms with E-state index in [9.17, 15) is 0 Å². The van der Waals surface area contributed by atoms with Crippen molar-refractivity contribution in [2.24, 2.45) is 7.05 Å². The van der Waals surface area contributed by atoms with Crippen molar-refractivity contribution in [3.63, 3.8) is 0 Å². The Hall–Kier alpha value is -2.68. The first-order valence-electron chi connectivity index (χ1n) is 6.97. The van der Waals surface area contributed by atoms with Crippen molar-refractivity contribution in [3.8, 4) is 11.3 Å². The van der Waals surface area contributed by atoms with E-state index < -0.39 is 0 Å². The molecule has 4 aromatic rings. The highest BCUT2D eigenvalue weighted by atomic mass is 16.3. The Labute approximate surface area is 122 Å². The fraction of sp³-hybridized carbons (Fsp3) is 0.111. The molecule has 0 aliphatic carbocycles. The van der Waals surface area contributed by atoms with E-state index in [1.807, 2.05) is 12.1 Å². The van der Waals surface area contributed by atoms with E-state index in [4.69, 9.17) is 4.42 Å². The topological polar surface area (TPSA) is 29.9 Å². The molecule has 0 aliphatic rings. The summed E-state index contributed by atoms with van der Waals surface area (Å²) in [6.45, 7) is 2.11. The first kappa shape index (κ1) is 12.1. The van der Waals surface area contributed by atoms with Gasteiger partial charge in [-0.15, -0.1) is 0 Å². The molecule has 3 nitrogen and oxygen atoms in total. The standard InChI is InChI=1S/C18H15N2O/c1-12-8-9-13-14-6-5-10-19-18(14)21-17(13)16(12)15-7-3-4-11-20(15)2/h3-11H,1-2H3/q+1. The van der Waals surface area contributed by atoms with Gasteiger partial charge >= 0.3 is 0 Å². The lowest BCUT2D eigenvalue weighted by molar-refractivity contribution is -0.660. The largest absolute Gasteiger partial charge is 0.437 e. The number of rotatable bonds is 1. The van der Waals surface area contributed by atoms with Crippen molar-refractivity contribution in [3.05, 3.63) is 60.4 Å². The minimum absolute atomic E-state index is 0.693. The van der Waals surface area contributed by atoms with Gasteiger partial charge in [0.25, 0.3) is 0 Å². The molecule has 0 radical (unpaired) electrons.